The van der Waals surface area contributed by atoms with Crippen LogP contribution < -0.4 is 0 Å². The van der Waals surface area contributed by atoms with Gasteiger partial charge in [-0.05, 0) is 57.7 Å². The lowest BCUT2D eigenvalue weighted by Crippen LogP contribution is -2.42. The van der Waals surface area contributed by atoms with Crippen molar-refractivity contribution in [3.05, 3.63) is 41.7 Å². The zero-order valence-corrected chi connectivity index (χ0v) is 16.8. The Hall–Kier alpha value is -2.83. The van der Waals surface area contributed by atoms with Gasteiger partial charge in [-0.2, -0.15) is 5.10 Å². The smallest absolute Gasteiger partial charge is 0.410 e. The Balaban J connectivity index is 1.67. The normalized spacial score (nSPS) is 15.5. The van der Waals surface area contributed by atoms with E-state index < -0.39 is 11.6 Å². The fourth-order valence-corrected chi connectivity index (χ4v) is 3.36. The molecule has 3 rings (SSSR count). The van der Waals surface area contributed by atoms with Crippen LogP contribution in [0.2, 0.25) is 0 Å². The second kappa shape index (κ2) is 7.66. The molecule has 2 aromatic rings. The Morgan fingerprint density at radius 1 is 1.18 bits per heavy atom. The fourth-order valence-electron chi connectivity index (χ4n) is 3.36. The van der Waals surface area contributed by atoms with E-state index in [1.54, 1.807) is 24.1 Å². The maximum absolute atomic E-state index is 12.2. The monoisotopic (exact) mass is 385 g/mol. The Morgan fingerprint density at radius 2 is 1.86 bits per heavy atom. The molecule has 1 amide bonds. The van der Waals surface area contributed by atoms with Crippen LogP contribution in [0.25, 0.3) is 11.1 Å². The van der Waals surface area contributed by atoms with Crippen LogP contribution in [0, 0.1) is 6.92 Å². The molecular weight excluding hydrogens is 358 g/mol. The lowest BCUT2D eigenvalue weighted by Gasteiger charge is -2.33. The van der Waals surface area contributed by atoms with Crippen LogP contribution in [-0.2, 0) is 4.74 Å². The molecule has 1 aliphatic rings. The van der Waals surface area contributed by atoms with Gasteiger partial charge in [0.05, 0.1) is 17.8 Å². The molecule has 0 atom stereocenters. The van der Waals surface area contributed by atoms with E-state index in [0.717, 1.165) is 29.5 Å². The van der Waals surface area contributed by atoms with Crippen molar-refractivity contribution >= 4 is 12.1 Å². The van der Waals surface area contributed by atoms with Gasteiger partial charge in [0.15, 0.2) is 0 Å². The zero-order chi connectivity index (χ0) is 20.5. The first-order chi connectivity index (χ1) is 13.1. The van der Waals surface area contributed by atoms with Gasteiger partial charge < -0.3 is 14.7 Å². The van der Waals surface area contributed by atoms with Crippen molar-refractivity contribution in [2.75, 3.05) is 13.1 Å². The lowest BCUT2D eigenvalue weighted by molar-refractivity contribution is 0.0184. The fraction of sp³-hybridized carbons (Fsp3) is 0.476. The van der Waals surface area contributed by atoms with Crippen LogP contribution in [0.3, 0.4) is 0 Å². The quantitative estimate of drug-likeness (QED) is 0.859. The highest BCUT2D eigenvalue weighted by molar-refractivity contribution is 5.91. The second-order valence-corrected chi connectivity index (χ2v) is 8.24. The number of aromatic nitrogens is 2. The van der Waals surface area contributed by atoms with Gasteiger partial charge in [-0.1, -0.05) is 12.1 Å². The molecule has 1 N–H and O–H groups in total. The largest absolute Gasteiger partial charge is 0.478 e. The SMILES string of the molecule is Cc1ccc(-c2cnn(C3CCN(C(=O)OC(C)(C)C)CC3)c2)cc1C(=O)O. The molecule has 0 unspecified atom stereocenters. The lowest BCUT2D eigenvalue weighted by atomic mass is 10.0. The zero-order valence-electron chi connectivity index (χ0n) is 16.8. The van der Waals surface area contributed by atoms with Gasteiger partial charge in [-0.25, -0.2) is 9.59 Å². The first-order valence-corrected chi connectivity index (χ1v) is 9.50. The summed E-state index contributed by atoms with van der Waals surface area (Å²) in [5.41, 5.74) is 2.26. The Bertz CT molecular complexity index is 874. The molecule has 150 valence electrons. The molecule has 0 spiro atoms. The van der Waals surface area contributed by atoms with E-state index in [1.807, 2.05) is 43.8 Å². The number of carboxylic acids is 1. The number of carbonyl (C=O) groups is 2. The summed E-state index contributed by atoms with van der Waals surface area (Å²) in [4.78, 5) is 25.3. The highest BCUT2D eigenvalue weighted by Gasteiger charge is 2.28. The van der Waals surface area contributed by atoms with E-state index in [1.165, 1.54) is 0 Å². The number of nitrogens with zero attached hydrogens (tertiary/aromatic N) is 3. The minimum Gasteiger partial charge on any atom is -0.478 e. The maximum atomic E-state index is 12.2. The molecule has 1 saturated heterocycles. The summed E-state index contributed by atoms with van der Waals surface area (Å²) in [5, 5.41) is 13.8. The molecule has 28 heavy (non-hydrogen) atoms. The second-order valence-electron chi connectivity index (χ2n) is 8.24. The van der Waals surface area contributed by atoms with E-state index in [4.69, 9.17) is 4.74 Å². The van der Waals surface area contributed by atoms with Crippen molar-refractivity contribution in [3.63, 3.8) is 0 Å². The predicted molar refractivity (Wildman–Crippen MR) is 105 cm³/mol. The highest BCUT2D eigenvalue weighted by atomic mass is 16.6. The summed E-state index contributed by atoms with van der Waals surface area (Å²) in [7, 11) is 0. The van der Waals surface area contributed by atoms with Crippen molar-refractivity contribution in [2.24, 2.45) is 0 Å². The van der Waals surface area contributed by atoms with Crippen molar-refractivity contribution in [2.45, 2.75) is 52.2 Å². The number of amides is 1. The molecule has 0 saturated carbocycles. The van der Waals surface area contributed by atoms with Crippen LogP contribution in [-0.4, -0.2) is 50.5 Å². The van der Waals surface area contributed by atoms with Crippen LogP contribution in [0.5, 0.6) is 0 Å². The van der Waals surface area contributed by atoms with E-state index in [9.17, 15) is 14.7 Å². The van der Waals surface area contributed by atoms with Gasteiger partial charge in [0.25, 0.3) is 0 Å². The molecule has 7 nitrogen and oxygen atoms in total. The number of carboxylic acid groups (broad SMARTS) is 1. The van der Waals surface area contributed by atoms with E-state index in [-0.39, 0.29) is 12.1 Å². The molecule has 1 aromatic carbocycles. The number of carbonyl (C=O) groups excluding carboxylic acids is 1. The first-order valence-electron chi connectivity index (χ1n) is 9.50. The first kappa shape index (κ1) is 19.9. The summed E-state index contributed by atoms with van der Waals surface area (Å²) in [5.74, 6) is -0.929. The Labute approximate surface area is 164 Å². The Kier molecular flexibility index (Phi) is 5.45. The molecule has 0 bridgehead atoms. The average Bonchev–Trinajstić information content (AvgIpc) is 3.10. The number of piperidine rings is 1. The number of hydrogen-bond donors (Lipinski definition) is 1. The van der Waals surface area contributed by atoms with Gasteiger partial charge in [0, 0.05) is 24.8 Å². The third-order valence-electron chi connectivity index (χ3n) is 4.89. The maximum Gasteiger partial charge on any atom is 0.410 e. The number of aryl methyl sites for hydroxylation is 1. The van der Waals surface area contributed by atoms with Crippen LogP contribution in [0.15, 0.2) is 30.6 Å². The molecule has 0 aliphatic carbocycles. The van der Waals surface area contributed by atoms with E-state index >= 15 is 0 Å². The van der Waals surface area contributed by atoms with Crippen molar-refractivity contribution < 1.29 is 19.4 Å². The average molecular weight is 385 g/mol. The highest BCUT2D eigenvalue weighted by Crippen LogP contribution is 2.27. The molecule has 1 aliphatic heterocycles. The van der Waals surface area contributed by atoms with Crippen LogP contribution in [0.4, 0.5) is 4.79 Å². The van der Waals surface area contributed by atoms with Gasteiger partial charge in [0.2, 0.25) is 0 Å². The molecule has 2 heterocycles. The number of likely N-dealkylation sites (tertiary alicyclic amines) is 1. The predicted octanol–water partition coefficient (Wildman–Crippen LogP) is 4.13. The topological polar surface area (TPSA) is 84.7 Å². The molecule has 7 heteroatoms. The minimum absolute atomic E-state index is 0.205. The summed E-state index contributed by atoms with van der Waals surface area (Å²) in [6.45, 7) is 8.64. The third-order valence-corrected chi connectivity index (χ3v) is 4.89. The molecular formula is C21H27N3O4. The Morgan fingerprint density at radius 3 is 2.46 bits per heavy atom. The van der Waals surface area contributed by atoms with Gasteiger partial charge in [-0.15, -0.1) is 0 Å². The van der Waals surface area contributed by atoms with Crippen molar-refractivity contribution in [1.29, 1.82) is 0 Å². The molecule has 1 fully saturated rings. The van der Waals surface area contributed by atoms with Crippen molar-refractivity contribution in [3.8, 4) is 11.1 Å². The summed E-state index contributed by atoms with van der Waals surface area (Å²) < 4.78 is 7.36. The number of hydrogen-bond acceptors (Lipinski definition) is 4. The van der Waals surface area contributed by atoms with Crippen LogP contribution in [0.1, 0.15) is 55.6 Å². The number of rotatable bonds is 3. The van der Waals surface area contributed by atoms with Gasteiger partial charge in [0.1, 0.15) is 5.60 Å². The number of aromatic carboxylic acids is 1. The molecule has 1 aromatic heterocycles. The van der Waals surface area contributed by atoms with Gasteiger partial charge in [-0.3, -0.25) is 4.68 Å². The molecule has 0 radical (unpaired) electrons. The summed E-state index contributed by atoms with van der Waals surface area (Å²) >= 11 is 0. The summed E-state index contributed by atoms with van der Waals surface area (Å²) in [6, 6.07) is 5.62. The van der Waals surface area contributed by atoms with Crippen molar-refractivity contribution in [1.82, 2.24) is 14.7 Å². The van der Waals surface area contributed by atoms with Gasteiger partial charge >= 0.3 is 12.1 Å². The van der Waals surface area contributed by atoms with E-state index in [2.05, 4.69) is 5.10 Å². The standard InChI is InChI=1S/C21H27N3O4/c1-14-5-6-15(11-18(14)19(25)26)16-12-22-24(13-16)17-7-9-23(10-8-17)20(27)28-21(2,3)4/h5-6,11-13,17H,7-10H2,1-4H3,(H,25,26). The summed E-state index contributed by atoms with van der Waals surface area (Å²) in [6.07, 6.45) is 5.04. The number of ether oxygens (including phenoxy) is 1. The van der Waals surface area contributed by atoms with E-state index in [0.29, 0.717) is 18.7 Å². The minimum atomic E-state index is -0.929. The third kappa shape index (κ3) is 4.52. The number of benzene rings is 1. The van der Waals surface area contributed by atoms with Crippen LogP contribution >= 0.6 is 0 Å².